The van der Waals surface area contributed by atoms with E-state index in [0.717, 1.165) is 5.56 Å². The molecule has 0 saturated carbocycles. The minimum Gasteiger partial charge on any atom is -0.347 e. The van der Waals surface area contributed by atoms with Gasteiger partial charge in [-0.1, -0.05) is 44.2 Å². The van der Waals surface area contributed by atoms with Crippen LogP contribution in [0.1, 0.15) is 25.8 Å². The number of amides is 3. The van der Waals surface area contributed by atoms with Crippen molar-refractivity contribution in [2.75, 3.05) is 26.2 Å². The number of ketones is 1. The monoisotopic (exact) mass is 376 g/mol. The average Bonchev–Trinajstić information content (AvgIpc) is 2.68. The standard InChI is InChI=1S/C19H28N4O4/c1-3-15(24)11-22-19(27)16(10-14-8-6-5-7-9-14)23-18(26)13-21-17(25)12-20-4-2/h5-9,16,20H,3-4,10-13H2,1-2H3,(H,21,25)(H,22,27)(H,23,26)/t16-/m0/s1. The summed E-state index contributed by atoms with van der Waals surface area (Å²) in [6.45, 7) is 4.06. The molecule has 148 valence electrons. The van der Waals surface area contributed by atoms with Gasteiger partial charge in [0.15, 0.2) is 5.78 Å². The van der Waals surface area contributed by atoms with Gasteiger partial charge in [-0.25, -0.2) is 0 Å². The molecule has 0 aliphatic carbocycles. The van der Waals surface area contributed by atoms with Gasteiger partial charge in [-0.15, -0.1) is 0 Å². The van der Waals surface area contributed by atoms with Gasteiger partial charge >= 0.3 is 0 Å². The number of benzene rings is 1. The topological polar surface area (TPSA) is 116 Å². The molecule has 0 aliphatic rings. The van der Waals surface area contributed by atoms with Crippen molar-refractivity contribution in [1.29, 1.82) is 0 Å². The van der Waals surface area contributed by atoms with Crippen LogP contribution >= 0.6 is 0 Å². The Morgan fingerprint density at radius 3 is 2.22 bits per heavy atom. The van der Waals surface area contributed by atoms with Crippen LogP contribution < -0.4 is 21.3 Å². The van der Waals surface area contributed by atoms with Gasteiger partial charge in [0.25, 0.3) is 0 Å². The van der Waals surface area contributed by atoms with E-state index in [1.165, 1.54) is 0 Å². The maximum absolute atomic E-state index is 12.4. The van der Waals surface area contributed by atoms with Crippen molar-refractivity contribution in [2.45, 2.75) is 32.7 Å². The van der Waals surface area contributed by atoms with Gasteiger partial charge in [0, 0.05) is 12.8 Å². The summed E-state index contributed by atoms with van der Waals surface area (Å²) < 4.78 is 0. The van der Waals surface area contributed by atoms with Crippen LogP contribution in [0.5, 0.6) is 0 Å². The number of rotatable bonds is 12. The first-order valence-electron chi connectivity index (χ1n) is 9.06. The third-order valence-corrected chi connectivity index (χ3v) is 3.77. The molecule has 27 heavy (non-hydrogen) atoms. The highest BCUT2D eigenvalue weighted by Crippen LogP contribution is 2.03. The fourth-order valence-electron chi connectivity index (χ4n) is 2.22. The van der Waals surface area contributed by atoms with Crippen LogP contribution in [0.3, 0.4) is 0 Å². The normalized spacial score (nSPS) is 11.3. The van der Waals surface area contributed by atoms with Gasteiger partial charge in [0.2, 0.25) is 17.7 Å². The lowest BCUT2D eigenvalue weighted by Crippen LogP contribution is -2.51. The molecule has 3 amide bonds. The summed E-state index contributed by atoms with van der Waals surface area (Å²) in [4.78, 5) is 47.5. The highest BCUT2D eigenvalue weighted by molar-refractivity contribution is 5.92. The van der Waals surface area contributed by atoms with Crippen LogP contribution in [-0.2, 0) is 25.6 Å². The van der Waals surface area contributed by atoms with Crippen molar-refractivity contribution in [2.24, 2.45) is 0 Å². The Kier molecular flexibility index (Phi) is 10.4. The van der Waals surface area contributed by atoms with Crippen molar-refractivity contribution in [3.8, 4) is 0 Å². The molecule has 1 aromatic carbocycles. The van der Waals surface area contributed by atoms with E-state index in [9.17, 15) is 19.2 Å². The first-order valence-corrected chi connectivity index (χ1v) is 9.06. The average molecular weight is 376 g/mol. The van der Waals surface area contributed by atoms with E-state index in [-0.39, 0.29) is 37.7 Å². The number of likely N-dealkylation sites (N-methyl/N-ethyl adjacent to an activating group) is 1. The summed E-state index contributed by atoms with van der Waals surface area (Å²) in [7, 11) is 0. The summed E-state index contributed by atoms with van der Waals surface area (Å²) in [5, 5.41) is 10.5. The van der Waals surface area contributed by atoms with Crippen molar-refractivity contribution in [1.82, 2.24) is 21.3 Å². The highest BCUT2D eigenvalue weighted by Gasteiger charge is 2.21. The predicted octanol–water partition coefficient (Wildman–Crippen LogP) is -0.465. The maximum Gasteiger partial charge on any atom is 0.243 e. The molecule has 0 heterocycles. The molecule has 0 unspecified atom stereocenters. The van der Waals surface area contributed by atoms with Gasteiger partial charge in [-0.05, 0) is 12.1 Å². The van der Waals surface area contributed by atoms with E-state index >= 15 is 0 Å². The van der Waals surface area contributed by atoms with Crippen LogP contribution in [0, 0.1) is 0 Å². The number of hydrogen-bond donors (Lipinski definition) is 4. The fourth-order valence-corrected chi connectivity index (χ4v) is 2.22. The molecule has 1 atom stereocenters. The number of Topliss-reactive ketones (excluding diaryl/α,β-unsaturated/α-hetero) is 1. The lowest BCUT2D eigenvalue weighted by molar-refractivity contribution is -0.130. The lowest BCUT2D eigenvalue weighted by Gasteiger charge is -2.19. The molecule has 0 fully saturated rings. The molecule has 1 rings (SSSR count). The molecule has 8 nitrogen and oxygen atoms in total. The third kappa shape index (κ3) is 9.50. The number of hydrogen-bond acceptors (Lipinski definition) is 5. The zero-order valence-electron chi connectivity index (χ0n) is 15.8. The highest BCUT2D eigenvalue weighted by atomic mass is 16.2. The number of carbonyl (C=O) groups excluding carboxylic acids is 4. The van der Waals surface area contributed by atoms with E-state index in [2.05, 4.69) is 21.3 Å². The molecule has 0 aromatic heterocycles. The molecule has 8 heteroatoms. The Balaban J connectivity index is 2.64. The minimum absolute atomic E-state index is 0.0735. The lowest BCUT2D eigenvalue weighted by atomic mass is 10.1. The predicted molar refractivity (Wildman–Crippen MR) is 102 cm³/mol. The molecule has 0 aliphatic heterocycles. The Hall–Kier alpha value is -2.74. The second kappa shape index (κ2) is 12.6. The van der Waals surface area contributed by atoms with Gasteiger partial charge in [-0.2, -0.15) is 0 Å². The quantitative estimate of drug-likeness (QED) is 0.394. The first kappa shape index (κ1) is 22.3. The summed E-state index contributed by atoms with van der Waals surface area (Å²) in [5.74, 6) is -1.31. The van der Waals surface area contributed by atoms with E-state index in [0.29, 0.717) is 13.0 Å². The Morgan fingerprint density at radius 2 is 1.59 bits per heavy atom. The Labute approximate surface area is 159 Å². The zero-order chi connectivity index (χ0) is 20.1. The molecule has 1 aromatic rings. The zero-order valence-corrected chi connectivity index (χ0v) is 15.8. The molecule has 0 saturated heterocycles. The van der Waals surface area contributed by atoms with Gasteiger partial charge < -0.3 is 21.3 Å². The fraction of sp³-hybridized carbons (Fsp3) is 0.474. The van der Waals surface area contributed by atoms with E-state index < -0.39 is 17.9 Å². The Bertz CT molecular complexity index is 634. The van der Waals surface area contributed by atoms with Gasteiger partial charge in [0.1, 0.15) is 6.04 Å². The first-order chi connectivity index (χ1) is 13.0. The summed E-state index contributed by atoms with van der Waals surface area (Å²) in [6, 6.07) is 8.40. The van der Waals surface area contributed by atoms with Crippen molar-refractivity contribution in [3.63, 3.8) is 0 Å². The smallest absolute Gasteiger partial charge is 0.243 e. The number of carbonyl (C=O) groups is 4. The largest absolute Gasteiger partial charge is 0.347 e. The van der Waals surface area contributed by atoms with Crippen LogP contribution in [0.15, 0.2) is 30.3 Å². The van der Waals surface area contributed by atoms with Gasteiger partial charge in [-0.3, -0.25) is 19.2 Å². The van der Waals surface area contributed by atoms with Crippen LogP contribution in [-0.4, -0.2) is 55.7 Å². The molecule has 0 radical (unpaired) electrons. The summed E-state index contributed by atoms with van der Waals surface area (Å²) >= 11 is 0. The molecule has 4 N–H and O–H groups in total. The van der Waals surface area contributed by atoms with Crippen molar-refractivity contribution in [3.05, 3.63) is 35.9 Å². The molecular weight excluding hydrogens is 348 g/mol. The summed E-state index contributed by atoms with van der Waals surface area (Å²) in [5.41, 5.74) is 0.871. The minimum atomic E-state index is -0.838. The van der Waals surface area contributed by atoms with E-state index in [4.69, 9.17) is 0 Å². The van der Waals surface area contributed by atoms with Gasteiger partial charge in [0.05, 0.1) is 19.6 Å². The second-order valence-corrected chi connectivity index (χ2v) is 5.98. The van der Waals surface area contributed by atoms with Crippen molar-refractivity contribution >= 4 is 23.5 Å². The van der Waals surface area contributed by atoms with E-state index in [1.807, 2.05) is 37.3 Å². The molecular formula is C19H28N4O4. The van der Waals surface area contributed by atoms with Crippen LogP contribution in [0.25, 0.3) is 0 Å². The third-order valence-electron chi connectivity index (χ3n) is 3.77. The number of nitrogens with one attached hydrogen (secondary N) is 4. The maximum atomic E-state index is 12.4. The van der Waals surface area contributed by atoms with Crippen molar-refractivity contribution < 1.29 is 19.2 Å². The second-order valence-electron chi connectivity index (χ2n) is 5.98. The molecule has 0 bridgehead atoms. The molecule has 0 spiro atoms. The summed E-state index contributed by atoms with van der Waals surface area (Å²) in [6.07, 6.45) is 0.609. The van der Waals surface area contributed by atoms with E-state index in [1.54, 1.807) is 6.92 Å². The SMILES string of the molecule is CCNCC(=O)NCC(=O)N[C@@H](Cc1ccccc1)C(=O)NCC(=O)CC. The van der Waals surface area contributed by atoms with Crippen LogP contribution in [0.2, 0.25) is 0 Å². The Morgan fingerprint density at radius 1 is 0.889 bits per heavy atom. The van der Waals surface area contributed by atoms with Crippen LogP contribution in [0.4, 0.5) is 0 Å².